The van der Waals surface area contributed by atoms with Crippen LogP contribution in [0, 0.1) is 5.82 Å². The van der Waals surface area contributed by atoms with Crippen LogP contribution in [-0.4, -0.2) is 32.8 Å². The molecule has 1 atom stereocenters. The van der Waals surface area contributed by atoms with Crippen LogP contribution in [0.25, 0.3) is 0 Å². The Morgan fingerprint density at radius 2 is 2.33 bits per heavy atom. The second-order valence-corrected chi connectivity index (χ2v) is 4.66. The number of anilines is 1. The van der Waals surface area contributed by atoms with Crippen LogP contribution in [0.2, 0.25) is 0 Å². The molecule has 1 unspecified atom stereocenters. The molecule has 0 radical (unpaired) electrons. The molecule has 0 spiro atoms. The second kappa shape index (κ2) is 6.05. The van der Waals surface area contributed by atoms with E-state index in [1.54, 1.807) is 6.07 Å². The van der Waals surface area contributed by atoms with E-state index in [2.05, 4.69) is 17.1 Å². The van der Waals surface area contributed by atoms with E-state index < -0.39 is 0 Å². The molecule has 0 saturated carbocycles. The number of hydrogen-bond acceptors (Lipinski definition) is 3. The van der Waals surface area contributed by atoms with Gasteiger partial charge in [-0.25, -0.2) is 4.39 Å². The van der Waals surface area contributed by atoms with Crippen molar-refractivity contribution < 1.29 is 9.13 Å². The lowest BCUT2D eigenvalue weighted by molar-refractivity contribution is 0.385. The molecule has 1 saturated heterocycles. The molecule has 100 valence electrons. The van der Waals surface area contributed by atoms with E-state index in [9.17, 15) is 4.39 Å². The standard InChI is InChI=1S/C14H21FN2O/c1-3-16-11-5-4-8-17(10-11)12-6-7-13(15)14(9-12)18-2/h6-7,9,11,16H,3-5,8,10H2,1-2H3. The first kappa shape index (κ1) is 13.1. The lowest BCUT2D eigenvalue weighted by Crippen LogP contribution is -2.45. The monoisotopic (exact) mass is 252 g/mol. The average molecular weight is 252 g/mol. The Bertz CT molecular complexity index is 395. The Morgan fingerprint density at radius 1 is 1.50 bits per heavy atom. The molecule has 2 rings (SSSR count). The molecule has 1 heterocycles. The minimum atomic E-state index is -0.304. The first-order valence-corrected chi connectivity index (χ1v) is 6.56. The van der Waals surface area contributed by atoms with Crippen LogP contribution in [0.1, 0.15) is 19.8 Å². The zero-order valence-electron chi connectivity index (χ0n) is 11.1. The summed E-state index contributed by atoms with van der Waals surface area (Å²) in [6, 6.07) is 5.61. The van der Waals surface area contributed by atoms with E-state index in [0.29, 0.717) is 11.8 Å². The number of likely N-dealkylation sites (N-methyl/N-ethyl adjacent to an activating group) is 1. The predicted octanol–water partition coefficient (Wildman–Crippen LogP) is 2.41. The Balaban J connectivity index is 2.10. The number of hydrogen-bond donors (Lipinski definition) is 1. The van der Waals surface area contributed by atoms with Crippen molar-refractivity contribution >= 4 is 5.69 Å². The highest BCUT2D eigenvalue weighted by molar-refractivity contribution is 5.51. The van der Waals surface area contributed by atoms with E-state index in [4.69, 9.17) is 4.74 Å². The molecular formula is C14H21FN2O. The summed E-state index contributed by atoms with van der Waals surface area (Å²) >= 11 is 0. The molecule has 0 aromatic heterocycles. The summed E-state index contributed by atoms with van der Waals surface area (Å²) < 4.78 is 18.4. The first-order valence-electron chi connectivity index (χ1n) is 6.56. The predicted molar refractivity (Wildman–Crippen MR) is 71.9 cm³/mol. The van der Waals surface area contributed by atoms with Gasteiger partial charge in [-0.1, -0.05) is 6.92 Å². The number of nitrogens with zero attached hydrogens (tertiary/aromatic N) is 1. The van der Waals surface area contributed by atoms with Crippen LogP contribution in [-0.2, 0) is 0 Å². The van der Waals surface area contributed by atoms with Gasteiger partial charge in [0.25, 0.3) is 0 Å². The normalized spacial score (nSPS) is 19.9. The van der Waals surface area contributed by atoms with Crippen molar-refractivity contribution in [1.82, 2.24) is 5.32 Å². The van der Waals surface area contributed by atoms with E-state index in [0.717, 1.165) is 31.7 Å². The van der Waals surface area contributed by atoms with E-state index in [1.165, 1.54) is 19.6 Å². The second-order valence-electron chi connectivity index (χ2n) is 4.66. The molecule has 1 aliphatic rings. The average Bonchev–Trinajstić information content (AvgIpc) is 2.40. The minimum Gasteiger partial charge on any atom is -0.494 e. The van der Waals surface area contributed by atoms with Crippen molar-refractivity contribution in [3.8, 4) is 5.75 Å². The highest BCUT2D eigenvalue weighted by atomic mass is 19.1. The molecule has 3 nitrogen and oxygen atoms in total. The van der Waals surface area contributed by atoms with Crippen LogP contribution in [0.3, 0.4) is 0 Å². The molecular weight excluding hydrogens is 231 g/mol. The topological polar surface area (TPSA) is 24.5 Å². The molecule has 1 aliphatic heterocycles. The van der Waals surface area contributed by atoms with Gasteiger partial charge >= 0.3 is 0 Å². The van der Waals surface area contributed by atoms with Gasteiger partial charge in [-0.05, 0) is 31.5 Å². The van der Waals surface area contributed by atoms with Crippen LogP contribution in [0.4, 0.5) is 10.1 Å². The molecule has 1 N–H and O–H groups in total. The summed E-state index contributed by atoms with van der Waals surface area (Å²) in [6.45, 7) is 5.12. The van der Waals surface area contributed by atoms with Gasteiger partial charge in [0.1, 0.15) is 0 Å². The number of methoxy groups -OCH3 is 1. The maximum Gasteiger partial charge on any atom is 0.165 e. The highest BCUT2D eigenvalue weighted by Gasteiger charge is 2.20. The fraction of sp³-hybridized carbons (Fsp3) is 0.571. The van der Waals surface area contributed by atoms with Gasteiger partial charge in [-0.2, -0.15) is 0 Å². The lowest BCUT2D eigenvalue weighted by atomic mass is 10.0. The molecule has 0 bridgehead atoms. The third-order valence-electron chi connectivity index (χ3n) is 3.41. The molecule has 0 aliphatic carbocycles. The zero-order chi connectivity index (χ0) is 13.0. The fourth-order valence-corrected chi connectivity index (χ4v) is 2.51. The van der Waals surface area contributed by atoms with Crippen LogP contribution < -0.4 is 15.0 Å². The summed E-state index contributed by atoms with van der Waals surface area (Å²) in [6.07, 6.45) is 2.38. The first-order chi connectivity index (χ1) is 8.74. The third-order valence-corrected chi connectivity index (χ3v) is 3.41. The van der Waals surface area contributed by atoms with Gasteiger partial charge in [-0.15, -0.1) is 0 Å². The maximum absolute atomic E-state index is 13.4. The van der Waals surface area contributed by atoms with E-state index in [1.807, 2.05) is 6.07 Å². The minimum absolute atomic E-state index is 0.304. The lowest BCUT2D eigenvalue weighted by Gasteiger charge is -2.35. The Hall–Kier alpha value is -1.29. The van der Waals surface area contributed by atoms with Gasteiger partial charge in [0.05, 0.1) is 7.11 Å². The molecule has 1 aromatic rings. The summed E-state index contributed by atoms with van der Waals surface area (Å²) in [5, 5.41) is 3.48. The largest absolute Gasteiger partial charge is 0.494 e. The summed E-state index contributed by atoms with van der Waals surface area (Å²) in [7, 11) is 1.50. The van der Waals surface area contributed by atoms with Crippen molar-refractivity contribution in [3.05, 3.63) is 24.0 Å². The van der Waals surface area contributed by atoms with Gasteiger partial charge in [-0.3, -0.25) is 0 Å². The number of benzene rings is 1. The summed E-state index contributed by atoms with van der Waals surface area (Å²) in [5.74, 6) is 0.0135. The number of rotatable bonds is 4. The molecule has 1 aromatic carbocycles. The molecule has 0 amide bonds. The molecule has 4 heteroatoms. The maximum atomic E-state index is 13.4. The van der Waals surface area contributed by atoms with E-state index >= 15 is 0 Å². The van der Waals surface area contributed by atoms with Gasteiger partial charge < -0.3 is 15.0 Å². The van der Waals surface area contributed by atoms with Gasteiger partial charge in [0.2, 0.25) is 0 Å². The summed E-state index contributed by atoms with van der Waals surface area (Å²) in [5.41, 5.74) is 1.04. The van der Waals surface area contributed by atoms with Crippen LogP contribution >= 0.6 is 0 Å². The number of nitrogens with one attached hydrogen (secondary N) is 1. The van der Waals surface area contributed by atoms with Gasteiger partial charge in [0, 0.05) is 30.9 Å². The van der Waals surface area contributed by atoms with E-state index in [-0.39, 0.29) is 5.82 Å². The third kappa shape index (κ3) is 2.93. The van der Waals surface area contributed by atoms with Crippen molar-refractivity contribution in [2.75, 3.05) is 31.6 Å². The van der Waals surface area contributed by atoms with Crippen molar-refractivity contribution in [2.45, 2.75) is 25.8 Å². The number of ether oxygens (including phenoxy) is 1. The Kier molecular flexibility index (Phi) is 4.42. The number of piperidine rings is 1. The van der Waals surface area contributed by atoms with Crippen molar-refractivity contribution in [1.29, 1.82) is 0 Å². The Morgan fingerprint density at radius 3 is 3.06 bits per heavy atom. The zero-order valence-corrected chi connectivity index (χ0v) is 11.1. The molecule has 18 heavy (non-hydrogen) atoms. The van der Waals surface area contributed by atoms with Crippen LogP contribution in [0.5, 0.6) is 5.75 Å². The fourth-order valence-electron chi connectivity index (χ4n) is 2.51. The Labute approximate surface area is 108 Å². The number of halogens is 1. The van der Waals surface area contributed by atoms with Crippen molar-refractivity contribution in [3.63, 3.8) is 0 Å². The van der Waals surface area contributed by atoms with Crippen LogP contribution in [0.15, 0.2) is 18.2 Å². The van der Waals surface area contributed by atoms with Crippen molar-refractivity contribution in [2.24, 2.45) is 0 Å². The highest BCUT2D eigenvalue weighted by Crippen LogP contribution is 2.26. The van der Waals surface area contributed by atoms with Gasteiger partial charge in [0.15, 0.2) is 11.6 Å². The SMILES string of the molecule is CCNC1CCCN(c2ccc(F)c(OC)c2)C1. The quantitative estimate of drug-likeness (QED) is 0.890. The molecule has 1 fully saturated rings. The smallest absolute Gasteiger partial charge is 0.165 e. The summed E-state index contributed by atoms with van der Waals surface area (Å²) in [4.78, 5) is 2.29.